The Morgan fingerprint density at radius 1 is 1.15 bits per heavy atom. The SMILES string of the molecule is C[C@@H]1CN(C(=O)c2ccc(S(C)(=O)=O)cc2)C[C@H](C)O1. The lowest BCUT2D eigenvalue weighted by Gasteiger charge is -2.35. The molecule has 1 aliphatic rings. The van der Waals surface area contributed by atoms with E-state index in [-0.39, 0.29) is 23.0 Å². The van der Waals surface area contributed by atoms with Crippen molar-refractivity contribution < 1.29 is 17.9 Å². The van der Waals surface area contributed by atoms with Crippen LogP contribution in [0.5, 0.6) is 0 Å². The summed E-state index contributed by atoms with van der Waals surface area (Å²) >= 11 is 0. The molecule has 2 atom stereocenters. The molecule has 0 aliphatic carbocycles. The molecule has 1 saturated heterocycles. The number of rotatable bonds is 2. The van der Waals surface area contributed by atoms with E-state index in [0.29, 0.717) is 18.7 Å². The standard InChI is InChI=1S/C14H19NO4S/c1-10-8-15(9-11(2)19-10)14(16)12-4-6-13(7-5-12)20(3,17)18/h4-7,10-11H,8-9H2,1-3H3/t10-,11+. The Morgan fingerprint density at radius 3 is 2.10 bits per heavy atom. The molecule has 0 bridgehead atoms. The van der Waals surface area contributed by atoms with Crippen molar-refractivity contribution in [1.29, 1.82) is 0 Å². The largest absolute Gasteiger partial charge is 0.372 e. The average Bonchev–Trinajstić information content (AvgIpc) is 2.36. The molecule has 110 valence electrons. The van der Waals surface area contributed by atoms with E-state index in [4.69, 9.17) is 4.74 Å². The lowest BCUT2D eigenvalue weighted by Crippen LogP contribution is -2.48. The molecule has 5 nitrogen and oxygen atoms in total. The molecular weight excluding hydrogens is 278 g/mol. The van der Waals surface area contributed by atoms with Crippen molar-refractivity contribution in [2.45, 2.75) is 31.0 Å². The Kier molecular flexibility index (Phi) is 4.15. The molecule has 2 rings (SSSR count). The molecule has 20 heavy (non-hydrogen) atoms. The number of morpholine rings is 1. The van der Waals surface area contributed by atoms with Gasteiger partial charge >= 0.3 is 0 Å². The van der Waals surface area contributed by atoms with Crippen molar-refractivity contribution in [2.24, 2.45) is 0 Å². The number of carbonyl (C=O) groups excluding carboxylic acids is 1. The molecule has 1 aromatic rings. The predicted octanol–water partition coefficient (Wildman–Crippen LogP) is 1.34. The van der Waals surface area contributed by atoms with E-state index in [1.54, 1.807) is 17.0 Å². The van der Waals surface area contributed by atoms with Crippen LogP contribution in [0.15, 0.2) is 29.2 Å². The second kappa shape index (κ2) is 5.54. The summed E-state index contributed by atoms with van der Waals surface area (Å²) in [6, 6.07) is 6.05. The molecular formula is C14H19NO4S. The zero-order valence-electron chi connectivity index (χ0n) is 11.9. The van der Waals surface area contributed by atoms with E-state index in [9.17, 15) is 13.2 Å². The summed E-state index contributed by atoms with van der Waals surface area (Å²) in [5.74, 6) is -0.0907. The number of benzene rings is 1. The molecule has 1 aromatic carbocycles. The topological polar surface area (TPSA) is 63.7 Å². The third-order valence-electron chi connectivity index (χ3n) is 3.24. The highest BCUT2D eigenvalue weighted by Gasteiger charge is 2.26. The van der Waals surface area contributed by atoms with Crippen LogP contribution in [0.2, 0.25) is 0 Å². The maximum atomic E-state index is 12.4. The van der Waals surface area contributed by atoms with Crippen molar-refractivity contribution in [2.75, 3.05) is 19.3 Å². The number of sulfone groups is 1. The van der Waals surface area contributed by atoms with E-state index in [1.165, 1.54) is 12.1 Å². The van der Waals surface area contributed by atoms with Crippen LogP contribution in [0.3, 0.4) is 0 Å². The Balaban J connectivity index is 2.17. The van der Waals surface area contributed by atoms with Crippen LogP contribution >= 0.6 is 0 Å². The number of amides is 1. The van der Waals surface area contributed by atoms with E-state index >= 15 is 0 Å². The third kappa shape index (κ3) is 3.37. The molecule has 0 saturated carbocycles. The van der Waals surface area contributed by atoms with Crippen LogP contribution in [-0.4, -0.2) is 50.8 Å². The van der Waals surface area contributed by atoms with Gasteiger partial charge in [0.15, 0.2) is 9.84 Å². The first kappa shape index (κ1) is 15.0. The second-order valence-electron chi connectivity index (χ2n) is 5.26. The first-order chi connectivity index (χ1) is 9.27. The van der Waals surface area contributed by atoms with Crippen LogP contribution in [0, 0.1) is 0 Å². The molecule has 1 aliphatic heterocycles. The normalized spacial score (nSPS) is 23.6. The minimum absolute atomic E-state index is 0.0120. The van der Waals surface area contributed by atoms with Crippen molar-refractivity contribution in [3.8, 4) is 0 Å². The zero-order valence-corrected chi connectivity index (χ0v) is 12.7. The van der Waals surface area contributed by atoms with Crippen LogP contribution in [0.1, 0.15) is 24.2 Å². The predicted molar refractivity (Wildman–Crippen MR) is 75.5 cm³/mol. The van der Waals surface area contributed by atoms with Crippen molar-refractivity contribution >= 4 is 15.7 Å². The highest BCUT2D eigenvalue weighted by molar-refractivity contribution is 7.90. The van der Waals surface area contributed by atoms with Gasteiger partial charge in [-0.3, -0.25) is 4.79 Å². The van der Waals surface area contributed by atoms with Crippen molar-refractivity contribution in [3.63, 3.8) is 0 Å². The van der Waals surface area contributed by atoms with Gasteiger partial charge in [0.1, 0.15) is 0 Å². The summed E-state index contributed by atoms with van der Waals surface area (Å²) in [4.78, 5) is 14.3. The van der Waals surface area contributed by atoms with Gasteiger partial charge in [-0.2, -0.15) is 0 Å². The lowest BCUT2D eigenvalue weighted by atomic mass is 10.1. The Hall–Kier alpha value is -1.40. The van der Waals surface area contributed by atoms with Gasteiger partial charge in [0, 0.05) is 24.9 Å². The van der Waals surface area contributed by atoms with Gasteiger partial charge in [-0.25, -0.2) is 8.42 Å². The van der Waals surface area contributed by atoms with E-state index in [1.807, 2.05) is 13.8 Å². The molecule has 0 N–H and O–H groups in total. The Labute approximate surface area is 119 Å². The molecule has 0 spiro atoms. The highest BCUT2D eigenvalue weighted by atomic mass is 32.2. The summed E-state index contributed by atoms with van der Waals surface area (Å²) in [5, 5.41) is 0. The quantitative estimate of drug-likeness (QED) is 0.826. The van der Waals surface area contributed by atoms with Crippen LogP contribution in [0.25, 0.3) is 0 Å². The van der Waals surface area contributed by atoms with E-state index in [0.717, 1.165) is 6.26 Å². The maximum Gasteiger partial charge on any atom is 0.254 e. The van der Waals surface area contributed by atoms with E-state index < -0.39 is 9.84 Å². The molecule has 1 heterocycles. The molecule has 0 aromatic heterocycles. The van der Waals surface area contributed by atoms with Crippen molar-refractivity contribution in [1.82, 2.24) is 4.90 Å². The van der Waals surface area contributed by atoms with Crippen molar-refractivity contribution in [3.05, 3.63) is 29.8 Å². The summed E-state index contributed by atoms with van der Waals surface area (Å²) in [6.07, 6.45) is 1.17. The first-order valence-corrected chi connectivity index (χ1v) is 8.41. The van der Waals surface area contributed by atoms with Crippen LogP contribution in [0.4, 0.5) is 0 Å². The second-order valence-corrected chi connectivity index (χ2v) is 7.28. The number of ether oxygens (including phenoxy) is 1. The molecule has 1 fully saturated rings. The minimum atomic E-state index is -3.23. The van der Waals surface area contributed by atoms with Gasteiger partial charge in [0.25, 0.3) is 5.91 Å². The van der Waals surface area contributed by atoms with Gasteiger partial charge in [-0.15, -0.1) is 0 Å². The Bertz CT molecular complexity index is 584. The smallest absolute Gasteiger partial charge is 0.254 e. The fourth-order valence-electron chi connectivity index (χ4n) is 2.37. The highest BCUT2D eigenvalue weighted by Crippen LogP contribution is 2.16. The summed E-state index contributed by atoms with van der Waals surface area (Å²) in [7, 11) is -3.23. The molecule has 6 heteroatoms. The van der Waals surface area contributed by atoms with Gasteiger partial charge in [0.05, 0.1) is 17.1 Å². The molecule has 1 amide bonds. The fourth-order valence-corrected chi connectivity index (χ4v) is 3.00. The minimum Gasteiger partial charge on any atom is -0.372 e. The lowest BCUT2D eigenvalue weighted by molar-refractivity contribution is -0.0586. The summed E-state index contributed by atoms with van der Waals surface area (Å²) in [5.41, 5.74) is 0.499. The third-order valence-corrected chi connectivity index (χ3v) is 4.36. The number of carbonyl (C=O) groups is 1. The molecule has 0 unspecified atom stereocenters. The summed E-state index contributed by atoms with van der Waals surface area (Å²) in [6.45, 7) is 4.97. The Morgan fingerprint density at radius 2 is 1.65 bits per heavy atom. The van der Waals surface area contributed by atoms with E-state index in [2.05, 4.69) is 0 Å². The van der Waals surface area contributed by atoms with Gasteiger partial charge < -0.3 is 9.64 Å². The molecule has 0 radical (unpaired) electrons. The van der Waals surface area contributed by atoms with Crippen LogP contribution in [-0.2, 0) is 14.6 Å². The maximum absolute atomic E-state index is 12.4. The van der Waals surface area contributed by atoms with Gasteiger partial charge in [-0.05, 0) is 38.1 Å². The first-order valence-electron chi connectivity index (χ1n) is 6.52. The van der Waals surface area contributed by atoms with Crippen LogP contribution < -0.4 is 0 Å². The summed E-state index contributed by atoms with van der Waals surface area (Å²) < 4.78 is 28.4. The van der Waals surface area contributed by atoms with Gasteiger partial charge in [-0.1, -0.05) is 0 Å². The monoisotopic (exact) mass is 297 g/mol. The number of hydrogen-bond acceptors (Lipinski definition) is 4. The average molecular weight is 297 g/mol. The number of hydrogen-bond donors (Lipinski definition) is 0. The number of nitrogens with zero attached hydrogens (tertiary/aromatic N) is 1. The van der Waals surface area contributed by atoms with Gasteiger partial charge in [0.2, 0.25) is 0 Å². The zero-order chi connectivity index (χ0) is 14.9. The fraction of sp³-hybridized carbons (Fsp3) is 0.500.